The number of amides is 3. The van der Waals surface area contributed by atoms with Gasteiger partial charge in [0, 0.05) is 70.3 Å². The Morgan fingerprint density at radius 3 is 2.27 bits per heavy atom. The quantitative estimate of drug-likeness (QED) is 0.0871. The van der Waals surface area contributed by atoms with E-state index < -0.39 is 23.4 Å². The summed E-state index contributed by atoms with van der Waals surface area (Å²) in [5.74, 6) is 1.56. The summed E-state index contributed by atoms with van der Waals surface area (Å²) in [6.45, 7) is 19.8. The summed E-state index contributed by atoms with van der Waals surface area (Å²) >= 11 is 0. The lowest BCUT2D eigenvalue weighted by molar-refractivity contribution is -0.141. The van der Waals surface area contributed by atoms with Gasteiger partial charge in [-0.1, -0.05) is 68.4 Å². The maximum atomic E-state index is 17.4. The van der Waals surface area contributed by atoms with E-state index in [-0.39, 0.29) is 64.9 Å². The van der Waals surface area contributed by atoms with Crippen LogP contribution in [-0.2, 0) is 27.8 Å². The molecule has 20 heteroatoms. The minimum Gasteiger partial charge on any atom is -0.508 e. The number of ether oxygens (including phenoxy) is 2. The van der Waals surface area contributed by atoms with E-state index in [4.69, 9.17) is 28.9 Å². The smallest absolute Gasteiger partial charge is 0.410 e. The van der Waals surface area contributed by atoms with Crippen LogP contribution >= 0.6 is 0 Å². The van der Waals surface area contributed by atoms with Crippen LogP contribution in [0.1, 0.15) is 135 Å². The second kappa shape index (κ2) is 25.3. The maximum absolute atomic E-state index is 17.4. The highest BCUT2D eigenvalue weighted by Crippen LogP contribution is 2.42. The topological polar surface area (TPSA) is 201 Å². The molecule has 5 saturated heterocycles. The SMILES string of the molecule is CCc1cccc2cc(O)cc(-c3ncc4c(N5CC6CCC(C5)N6C(=O)OC(C)(C)C)nc(OCCN5CCC(CC6CCN(c7cc(C(C(=O)N8CCCC8C(=O)NC(C)c8ccc(-c9ccnn9C)cc8)C(C)C)on7)CC6)CC5)nc4c3F)c12. The lowest BCUT2D eigenvalue weighted by Crippen LogP contribution is -2.57. The van der Waals surface area contributed by atoms with Crippen molar-refractivity contribution < 1.29 is 37.9 Å². The molecular weight excluding hydrogens is 1120 g/mol. The van der Waals surface area contributed by atoms with Crippen LogP contribution in [0.2, 0.25) is 0 Å². The Morgan fingerprint density at radius 1 is 0.864 bits per heavy atom. The van der Waals surface area contributed by atoms with Crippen LogP contribution < -0.4 is 19.9 Å². The standard InChI is InChI=1S/C68H85FN12O7/c1-9-45-12-10-13-48-35-51(82)36-52(59(45)48)61-60(69)62-53(38-70-61)63(79-39-49-19-20-50(40-79)81(49)67(85)87-68(5,6)7)74-66(73-62)86-33-32-77-28-22-43(23-29-77)34-44-24-30-78(31-25-44)57-37-56(88-75-57)58(41(2)3)65(84)80-27-11-14-55(80)64(83)72-42(4)46-15-17-47(18-16-46)54-21-26-71-76(54)8/h10,12-13,15-18,21,26,35-38,41-44,49-50,55,58,82H,9,11,14,19-20,22-25,27-34,39-40H2,1-8H3,(H,72,83). The third kappa shape index (κ3) is 12.6. The molecule has 0 aliphatic carbocycles. The summed E-state index contributed by atoms with van der Waals surface area (Å²) in [4.78, 5) is 66.7. The third-order valence-corrected chi connectivity index (χ3v) is 19.1. The number of hydrogen-bond donors (Lipinski definition) is 2. The molecule has 3 amide bonds. The van der Waals surface area contributed by atoms with Crippen molar-refractivity contribution >= 4 is 51.2 Å². The van der Waals surface area contributed by atoms with Crippen molar-refractivity contribution in [1.29, 1.82) is 0 Å². The molecule has 2 bridgehead atoms. The van der Waals surface area contributed by atoms with E-state index in [1.54, 1.807) is 29.4 Å². The average molecular weight is 1200 g/mol. The van der Waals surface area contributed by atoms with Gasteiger partial charge in [-0.3, -0.25) is 29.1 Å². The normalized spacial score (nSPS) is 20.4. The number of anilines is 2. The first-order valence-electron chi connectivity index (χ1n) is 32.0. The summed E-state index contributed by atoms with van der Waals surface area (Å²) in [6, 6.07) is 20.3. The van der Waals surface area contributed by atoms with Crippen LogP contribution in [0.15, 0.2) is 83.6 Å². The van der Waals surface area contributed by atoms with E-state index in [9.17, 15) is 19.5 Å². The lowest BCUT2D eigenvalue weighted by Gasteiger charge is -2.42. The Balaban J connectivity index is 0.647. The molecule has 5 fully saturated rings. The second-order valence-electron chi connectivity index (χ2n) is 26.5. The summed E-state index contributed by atoms with van der Waals surface area (Å²) in [5.41, 5.74) is 4.10. The van der Waals surface area contributed by atoms with Crippen LogP contribution in [-0.4, -0.2) is 150 Å². The Hall–Kier alpha value is -7.87. The van der Waals surface area contributed by atoms with E-state index >= 15 is 4.39 Å². The predicted molar refractivity (Wildman–Crippen MR) is 337 cm³/mol. The summed E-state index contributed by atoms with van der Waals surface area (Å²) < 4.78 is 37.5. The van der Waals surface area contributed by atoms with Crippen molar-refractivity contribution in [3.05, 3.63) is 102 Å². The Bertz CT molecular complexity index is 3650. The lowest BCUT2D eigenvalue weighted by atomic mass is 9.83. The summed E-state index contributed by atoms with van der Waals surface area (Å²) in [5, 5.41) is 24.9. The Kier molecular flexibility index (Phi) is 17.4. The van der Waals surface area contributed by atoms with E-state index in [2.05, 4.69) is 37.2 Å². The van der Waals surface area contributed by atoms with Gasteiger partial charge in [0.1, 0.15) is 46.9 Å². The third-order valence-electron chi connectivity index (χ3n) is 19.1. The summed E-state index contributed by atoms with van der Waals surface area (Å²) in [6.07, 6.45) is 12.3. The largest absolute Gasteiger partial charge is 0.508 e. The van der Waals surface area contributed by atoms with Crippen LogP contribution in [0.4, 0.5) is 20.8 Å². The number of halogens is 1. The predicted octanol–water partition coefficient (Wildman–Crippen LogP) is 11.2. The van der Waals surface area contributed by atoms with Crippen molar-refractivity contribution in [2.75, 3.05) is 68.8 Å². The fourth-order valence-corrected chi connectivity index (χ4v) is 14.5. The highest BCUT2D eigenvalue weighted by molar-refractivity contribution is 6.02. The van der Waals surface area contributed by atoms with Gasteiger partial charge in [0.2, 0.25) is 11.8 Å². The zero-order valence-electron chi connectivity index (χ0n) is 52.3. The molecule has 3 aromatic carbocycles. The highest BCUT2D eigenvalue weighted by atomic mass is 19.1. The highest BCUT2D eigenvalue weighted by Gasteiger charge is 2.46. The first-order valence-corrected chi connectivity index (χ1v) is 32.0. The average Bonchev–Trinajstić information content (AvgIpc) is 1.10. The van der Waals surface area contributed by atoms with Crippen molar-refractivity contribution in [1.82, 2.24) is 49.9 Å². The number of phenolic OH excluding ortho intramolecular Hbond substituents is 1. The molecule has 88 heavy (non-hydrogen) atoms. The van der Waals surface area contributed by atoms with Crippen LogP contribution in [0.5, 0.6) is 11.8 Å². The number of carbonyl (C=O) groups excluding carboxylic acids is 3. The zero-order valence-corrected chi connectivity index (χ0v) is 52.3. The van der Waals surface area contributed by atoms with Gasteiger partial charge in [0.15, 0.2) is 17.4 Å². The molecule has 0 saturated carbocycles. The molecule has 5 aliphatic heterocycles. The number of pyridine rings is 1. The second-order valence-corrected chi connectivity index (χ2v) is 26.5. The molecule has 0 spiro atoms. The number of aromatic nitrogens is 6. The van der Waals surface area contributed by atoms with Gasteiger partial charge in [0.05, 0.1) is 29.2 Å². The molecule has 7 aromatic rings. The first kappa shape index (κ1) is 60.4. The Morgan fingerprint density at radius 2 is 1.59 bits per heavy atom. The van der Waals surface area contributed by atoms with Gasteiger partial charge in [-0.05, 0) is 168 Å². The van der Waals surface area contributed by atoms with E-state index in [0.717, 1.165) is 110 Å². The number of fused-ring (bicyclic) bond motifs is 4. The molecule has 2 N–H and O–H groups in total. The fraction of sp³-hybridized carbons (Fsp3) is 0.529. The maximum Gasteiger partial charge on any atom is 0.410 e. The number of likely N-dealkylation sites (tertiary alicyclic amines) is 2. The Labute approximate surface area is 514 Å². The van der Waals surface area contributed by atoms with Gasteiger partial charge in [-0.2, -0.15) is 15.1 Å². The number of piperidine rings is 2. The van der Waals surface area contributed by atoms with E-state index in [1.165, 1.54) is 6.42 Å². The van der Waals surface area contributed by atoms with Gasteiger partial charge in [-0.15, -0.1) is 0 Å². The number of carbonyl (C=O) groups is 3. The van der Waals surface area contributed by atoms with Gasteiger partial charge >= 0.3 is 12.1 Å². The monoisotopic (exact) mass is 1200 g/mol. The minimum atomic E-state index is -0.628. The molecule has 9 heterocycles. The molecule has 466 valence electrons. The van der Waals surface area contributed by atoms with Gasteiger partial charge in [-0.25, -0.2) is 9.18 Å². The minimum absolute atomic E-state index is 0.0166. The number of aromatic hydroxyl groups is 1. The van der Waals surface area contributed by atoms with Crippen molar-refractivity contribution in [2.24, 2.45) is 24.8 Å². The molecule has 0 radical (unpaired) electrons. The van der Waals surface area contributed by atoms with Crippen LogP contribution in [0.25, 0.3) is 44.2 Å². The number of piperazine rings is 1. The first-order chi connectivity index (χ1) is 42.4. The molecular formula is C68H85FN12O7. The molecule has 5 unspecified atom stereocenters. The molecule has 5 aliphatic rings. The van der Waals surface area contributed by atoms with Crippen molar-refractivity contribution in [3.63, 3.8) is 0 Å². The molecule has 12 rings (SSSR count). The van der Waals surface area contributed by atoms with Crippen LogP contribution in [0.3, 0.4) is 0 Å². The summed E-state index contributed by atoms with van der Waals surface area (Å²) in [7, 11) is 1.91. The van der Waals surface area contributed by atoms with Crippen molar-refractivity contribution in [3.8, 4) is 34.3 Å². The number of aryl methyl sites for hydroxylation is 2. The number of nitrogens with one attached hydrogen (secondary N) is 1. The van der Waals surface area contributed by atoms with E-state index in [1.807, 2.05) is 113 Å². The van der Waals surface area contributed by atoms with Crippen molar-refractivity contribution in [2.45, 2.75) is 148 Å². The number of benzene rings is 3. The molecule has 19 nitrogen and oxygen atoms in total. The number of rotatable bonds is 17. The molecule has 4 aromatic heterocycles. The van der Waals surface area contributed by atoms with Crippen LogP contribution in [0, 0.1) is 23.6 Å². The number of hydrogen-bond acceptors (Lipinski definition) is 15. The van der Waals surface area contributed by atoms with E-state index in [0.29, 0.717) is 80.0 Å². The zero-order chi connectivity index (χ0) is 61.5. The van der Waals surface area contributed by atoms with Gasteiger partial charge in [0.25, 0.3) is 0 Å². The number of nitrogens with zero attached hydrogens (tertiary/aromatic N) is 11. The molecule has 5 atom stereocenters. The number of phenols is 1. The fourth-order valence-electron chi connectivity index (χ4n) is 14.5. The van der Waals surface area contributed by atoms with Gasteiger partial charge < -0.3 is 39.1 Å².